The maximum Gasteiger partial charge on any atom is 0.234 e. The van der Waals surface area contributed by atoms with Gasteiger partial charge in [-0.05, 0) is 62.3 Å². The second kappa shape index (κ2) is 8.23. The van der Waals surface area contributed by atoms with E-state index in [2.05, 4.69) is 10.3 Å². The van der Waals surface area contributed by atoms with E-state index in [9.17, 15) is 9.59 Å². The van der Waals surface area contributed by atoms with Crippen molar-refractivity contribution in [3.8, 4) is 5.75 Å². The number of benzene rings is 1. The molecule has 2 amide bonds. The molecule has 1 saturated carbocycles. The number of anilines is 2. The monoisotopic (exact) mass is 393 g/mol. The molecule has 1 N–H and O–H groups in total. The van der Waals surface area contributed by atoms with Gasteiger partial charge in [-0.1, -0.05) is 6.07 Å². The van der Waals surface area contributed by atoms with E-state index in [0.717, 1.165) is 48.4 Å². The maximum atomic E-state index is 12.8. The van der Waals surface area contributed by atoms with Crippen LogP contribution in [0.25, 0.3) is 0 Å². The second-order valence-corrected chi connectivity index (χ2v) is 8.04. The van der Waals surface area contributed by atoms with Gasteiger partial charge in [0, 0.05) is 24.7 Å². The van der Waals surface area contributed by atoms with Crippen LogP contribution in [0.5, 0.6) is 5.75 Å². The molecule has 0 bridgehead atoms. The lowest BCUT2D eigenvalue weighted by atomic mass is 9.81. The predicted octanol–water partition coefficient (Wildman–Crippen LogP) is 3.99. The molecule has 1 aromatic heterocycles. The molecule has 2 aromatic rings. The lowest BCUT2D eigenvalue weighted by Crippen LogP contribution is -2.36. The summed E-state index contributed by atoms with van der Waals surface area (Å²) in [5.74, 6) is 1.31. The van der Waals surface area contributed by atoms with Crippen LogP contribution in [0.1, 0.15) is 44.1 Å². The SMILES string of the molecule is COc1ccc2c(c1)N(CC1CCC(C(=O)Nc3cccnc3)CC1)C(=O)C2C. The lowest BCUT2D eigenvalue weighted by molar-refractivity contribution is -0.121. The zero-order valence-corrected chi connectivity index (χ0v) is 16.9. The van der Waals surface area contributed by atoms with Gasteiger partial charge in [-0.3, -0.25) is 14.6 Å². The van der Waals surface area contributed by atoms with E-state index in [4.69, 9.17) is 4.74 Å². The fourth-order valence-corrected chi connectivity index (χ4v) is 4.47. The first kappa shape index (κ1) is 19.4. The van der Waals surface area contributed by atoms with Gasteiger partial charge in [0.25, 0.3) is 0 Å². The first-order valence-electron chi connectivity index (χ1n) is 10.3. The van der Waals surface area contributed by atoms with Gasteiger partial charge in [-0.25, -0.2) is 0 Å². The van der Waals surface area contributed by atoms with E-state index in [0.29, 0.717) is 12.5 Å². The molecule has 0 radical (unpaired) electrons. The third-order valence-corrected chi connectivity index (χ3v) is 6.22. The van der Waals surface area contributed by atoms with Gasteiger partial charge in [0.15, 0.2) is 0 Å². The minimum absolute atomic E-state index is 0.0204. The Morgan fingerprint density at radius 1 is 1.24 bits per heavy atom. The zero-order chi connectivity index (χ0) is 20.4. The molecule has 1 aliphatic heterocycles. The molecule has 1 fully saturated rings. The summed E-state index contributed by atoms with van der Waals surface area (Å²) in [5, 5.41) is 2.96. The fraction of sp³-hybridized carbons (Fsp3) is 0.435. The summed E-state index contributed by atoms with van der Waals surface area (Å²) in [6.07, 6.45) is 6.94. The van der Waals surface area contributed by atoms with Crippen LogP contribution in [0.4, 0.5) is 11.4 Å². The van der Waals surface area contributed by atoms with Crippen molar-refractivity contribution in [3.63, 3.8) is 0 Å². The number of hydrogen-bond donors (Lipinski definition) is 1. The van der Waals surface area contributed by atoms with Crippen LogP contribution < -0.4 is 15.0 Å². The number of carbonyl (C=O) groups is 2. The Morgan fingerprint density at radius 3 is 2.72 bits per heavy atom. The number of hydrogen-bond acceptors (Lipinski definition) is 4. The molecule has 6 nitrogen and oxygen atoms in total. The van der Waals surface area contributed by atoms with Crippen LogP contribution in [0.3, 0.4) is 0 Å². The molecule has 29 heavy (non-hydrogen) atoms. The average Bonchev–Trinajstić information content (AvgIpc) is 2.99. The molecule has 152 valence electrons. The summed E-state index contributed by atoms with van der Waals surface area (Å²) in [7, 11) is 1.64. The summed E-state index contributed by atoms with van der Waals surface area (Å²) in [5.41, 5.74) is 2.78. The van der Waals surface area contributed by atoms with Gasteiger partial charge in [-0.15, -0.1) is 0 Å². The number of nitrogens with zero attached hydrogens (tertiary/aromatic N) is 2. The third-order valence-electron chi connectivity index (χ3n) is 6.22. The average molecular weight is 393 g/mol. The molecule has 2 heterocycles. The summed E-state index contributed by atoms with van der Waals surface area (Å²) in [4.78, 5) is 31.3. The molecular weight excluding hydrogens is 366 g/mol. The van der Waals surface area contributed by atoms with Gasteiger partial charge >= 0.3 is 0 Å². The second-order valence-electron chi connectivity index (χ2n) is 8.04. The largest absolute Gasteiger partial charge is 0.497 e. The molecule has 0 spiro atoms. The Hall–Kier alpha value is -2.89. The first-order chi connectivity index (χ1) is 14.1. The minimum Gasteiger partial charge on any atom is -0.497 e. The van der Waals surface area contributed by atoms with Crippen molar-refractivity contribution in [3.05, 3.63) is 48.3 Å². The fourth-order valence-electron chi connectivity index (χ4n) is 4.47. The number of amides is 2. The summed E-state index contributed by atoms with van der Waals surface area (Å²) < 4.78 is 5.35. The van der Waals surface area contributed by atoms with E-state index in [1.54, 1.807) is 19.5 Å². The van der Waals surface area contributed by atoms with Gasteiger partial charge < -0.3 is 15.0 Å². The van der Waals surface area contributed by atoms with Crippen molar-refractivity contribution < 1.29 is 14.3 Å². The molecule has 4 rings (SSSR count). The molecule has 1 aromatic carbocycles. The van der Waals surface area contributed by atoms with Crippen LogP contribution in [0.15, 0.2) is 42.7 Å². The first-order valence-corrected chi connectivity index (χ1v) is 10.3. The Kier molecular flexibility index (Phi) is 5.51. The number of ether oxygens (including phenoxy) is 1. The number of rotatable bonds is 5. The predicted molar refractivity (Wildman–Crippen MR) is 112 cm³/mol. The maximum absolute atomic E-state index is 12.8. The Balaban J connectivity index is 1.36. The topological polar surface area (TPSA) is 71.5 Å². The number of pyridine rings is 1. The number of methoxy groups -OCH3 is 1. The van der Waals surface area contributed by atoms with Crippen molar-refractivity contribution in [1.82, 2.24) is 4.98 Å². The quantitative estimate of drug-likeness (QED) is 0.834. The standard InChI is InChI=1S/C23H27N3O3/c1-15-20-10-9-19(29-2)12-21(20)26(23(15)28)14-16-5-7-17(8-6-16)22(27)25-18-4-3-11-24-13-18/h3-4,9-13,15-17H,5-8,14H2,1-2H3,(H,25,27). The summed E-state index contributed by atoms with van der Waals surface area (Å²) in [6, 6.07) is 9.54. The molecule has 0 saturated heterocycles. The smallest absolute Gasteiger partial charge is 0.234 e. The van der Waals surface area contributed by atoms with Gasteiger partial charge in [0.2, 0.25) is 11.8 Å². The number of aromatic nitrogens is 1. The van der Waals surface area contributed by atoms with Crippen molar-refractivity contribution in [1.29, 1.82) is 0 Å². The minimum atomic E-state index is -0.113. The van der Waals surface area contributed by atoms with Gasteiger partial charge in [0.1, 0.15) is 5.75 Å². The highest BCUT2D eigenvalue weighted by molar-refractivity contribution is 6.05. The highest BCUT2D eigenvalue weighted by Gasteiger charge is 2.37. The van der Waals surface area contributed by atoms with Crippen LogP contribution >= 0.6 is 0 Å². The summed E-state index contributed by atoms with van der Waals surface area (Å²) in [6.45, 7) is 2.67. The molecule has 1 aliphatic carbocycles. The van der Waals surface area contributed by atoms with Crippen LogP contribution in [0, 0.1) is 11.8 Å². The van der Waals surface area contributed by atoms with Gasteiger partial charge in [-0.2, -0.15) is 0 Å². The molecule has 2 aliphatic rings. The van der Waals surface area contributed by atoms with Crippen molar-refractivity contribution in [2.24, 2.45) is 11.8 Å². The third kappa shape index (κ3) is 3.97. The van der Waals surface area contributed by atoms with E-state index in [1.165, 1.54) is 0 Å². The van der Waals surface area contributed by atoms with Crippen LogP contribution in [-0.4, -0.2) is 30.5 Å². The van der Waals surface area contributed by atoms with Gasteiger partial charge in [0.05, 0.1) is 30.6 Å². The Labute approximate surface area is 171 Å². The molecule has 1 unspecified atom stereocenters. The lowest BCUT2D eigenvalue weighted by Gasteiger charge is -2.31. The highest BCUT2D eigenvalue weighted by atomic mass is 16.5. The van der Waals surface area contributed by atoms with E-state index >= 15 is 0 Å². The van der Waals surface area contributed by atoms with Crippen molar-refractivity contribution in [2.75, 3.05) is 23.9 Å². The van der Waals surface area contributed by atoms with Crippen LogP contribution in [0.2, 0.25) is 0 Å². The van der Waals surface area contributed by atoms with Crippen molar-refractivity contribution >= 4 is 23.2 Å². The number of carbonyl (C=O) groups excluding carboxylic acids is 2. The number of nitrogens with one attached hydrogen (secondary N) is 1. The molecule has 6 heteroatoms. The normalized spacial score (nSPS) is 23.6. The van der Waals surface area contributed by atoms with Crippen LogP contribution in [-0.2, 0) is 9.59 Å². The Bertz CT molecular complexity index is 891. The molecular formula is C23H27N3O3. The van der Waals surface area contributed by atoms with E-state index in [-0.39, 0.29) is 23.7 Å². The van der Waals surface area contributed by atoms with E-state index in [1.807, 2.05) is 42.2 Å². The number of fused-ring (bicyclic) bond motifs is 1. The zero-order valence-electron chi connectivity index (χ0n) is 16.9. The van der Waals surface area contributed by atoms with Crippen molar-refractivity contribution in [2.45, 2.75) is 38.5 Å². The van der Waals surface area contributed by atoms with E-state index < -0.39 is 0 Å². The molecule has 1 atom stereocenters. The Morgan fingerprint density at radius 2 is 2.03 bits per heavy atom. The summed E-state index contributed by atoms with van der Waals surface area (Å²) >= 11 is 0. The highest BCUT2D eigenvalue weighted by Crippen LogP contribution is 2.41.